The van der Waals surface area contributed by atoms with E-state index in [1.807, 2.05) is 31.2 Å². The number of nitrogens with one attached hydrogen (secondary N) is 3. The van der Waals surface area contributed by atoms with Gasteiger partial charge < -0.3 is 29.7 Å². The molecule has 62 heavy (non-hydrogen) atoms. The fourth-order valence-electron chi connectivity index (χ4n) is 9.91. The number of halogens is 1. The Balaban J connectivity index is 1.05. The van der Waals surface area contributed by atoms with Gasteiger partial charge in [-0.2, -0.15) is 0 Å². The van der Waals surface area contributed by atoms with Crippen molar-refractivity contribution in [3.63, 3.8) is 0 Å². The number of carbonyl (C=O) groups excluding carboxylic acids is 4. The molecule has 2 aromatic carbocycles. The third kappa shape index (κ3) is 8.71. The lowest BCUT2D eigenvalue weighted by molar-refractivity contribution is -0.142. The summed E-state index contributed by atoms with van der Waals surface area (Å²) in [6.45, 7) is 3.93. The number of methoxy groups -OCH3 is 1. The molecule has 3 N–H and O–H groups in total. The SMILES string of the molecule is COc1ccc2c(O[C@@H]3C[C@H]4C(=O)N[C@]5(C(=O)NS(=O)(=O)C6CC6)C[C@H]5/C=C\CC[C@@H](C)C[C@@H](C)[C@H](NC(=O)O[C@@H]5C[C@@H]6C[C@@H]6C5)C(=O)N4C3)nc(-c3ccc(F)cc3)cc2c1. The van der Waals surface area contributed by atoms with E-state index in [0.29, 0.717) is 59.9 Å². The third-order valence-corrected chi connectivity index (χ3v) is 15.6. The first-order chi connectivity index (χ1) is 29.7. The zero-order chi connectivity index (χ0) is 43.5. The molecule has 2 aliphatic heterocycles. The van der Waals surface area contributed by atoms with Crippen molar-refractivity contribution in [3.05, 3.63) is 66.5 Å². The van der Waals surface area contributed by atoms with Crippen LogP contribution in [0.4, 0.5) is 9.18 Å². The number of nitrogens with zero attached hydrogens (tertiary/aromatic N) is 2. The molecule has 6 aliphatic rings. The topological polar surface area (TPSA) is 182 Å². The van der Waals surface area contributed by atoms with E-state index in [2.05, 4.69) is 22.3 Å². The lowest BCUT2D eigenvalue weighted by atomic mass is 9.88. The van der Waals surface area contributed by atoms with Crippen LogP contribution in [0.2, 0.25) is 0 Å². The van der Waals surface area contributed by atoms with Gasteiger partial charge in [-0.15, -0.1) is 0 Å². The summed E-state index contributed by atoms with van der Waals surface area (Å²) < 4.78 is 60.3. The van der Waals surface area contributed by atoms with E-state index in [1.165, 1.54) is 17.0 Å². The van der Waals surface area contributed by atoms with Crippen molar-refractivity contribution < 1.29 is 46.2 Å². The van der Waals surface area contributed by atoms with E-state index in [4.69, 9.17) is 19.2 Å². The van der Waals surface area contributed by atoms with Crippen LogP contribution in [0.5, 0.6) is 11.6 Å². The van der Waals surface area contributed by atoms with E-state index in [-0.39, 0.29) is 43.2 Å². The molecule has 3 aromatic rings. The maximum Gasteiger partial charge on any atom is 0.408 e. The van der Waals surface area contributed by atoms with Crippen LogP contribution in [0.25, 0.3) is 22.0 Å². The number of hydrogen-bond donors (Lipinski definition) is 3. The zero-order valence-corrected chi connectivity index (χ0v) is 36.0. The molecule has 10 atom stereocenters. The molecule has 4 amide bonds. The highest BCUT2D eigenvalue weighted by Crippen LogP contribution is 2.52. The summed E-state index contributed by atoms with van der Waals surface area (Å²) in [5.41, 5.74) is -0.422. The van der Waals surface area contributed by atoms with Crippen LogP contribution in [0.15, 0.2) is 60.7 Å². The number of benzene rings is 2. The van der Waals surface area contributed by atoms with Crippen molar-refractivity contribution >= 4 is 44.6 Å². The van der Waals surface area contributed by atoms with Crippen LogP contribution in [0, 0.1) is 35.4 Å². The fourth-order valence-corrected chi connectivity index (χ4v) is 11.3. The van der Waals surface area contributed by atoms with Crippen LogP contribution in [-0.2, 0) is 29.1 Å². The van der Waals surface area contributed by atoms with E-state index >= 15 is 4.79 Å². The number of allylic oxidation sites excluding steroid dienone is 1. The number of aromatic nitrogens is 1. The van der Waals surface area contributed by atoms with Crippen molar-refractivity contribution in [3.8, 4) is 22.9 Å². The molecular formula is C46H54FN5O9S. The number of ether oxygens (including phenoxy) is 3. The number of sulfonamides is 1. The molecule has 0 spiro atoms. The highest BCUT2D eigenvalue weighted by Gasteiger charge is 2.62. The quantitative estimate of drug-likeness (QED) is 0.223. The normalized spacial score (nSPS) is 32.5. The summed E-state index contributed by atoms with van der Waals surface area (Å²) in [7, 11) is -2.38. The second-order valence-electron chi connectivity index (χ2n) is 18.5. The van der Waals surface area contributed by atoms with Crippen molar-refractivity contribution in [1.29, 1.82) is 0 Å². The average Bonchev–Trinajstić information content (AvgIpc) is 4.20. The van der Waals surface area contributed by atoms with Gasteiger partial charge in [0.05, 0.1) is 24.6 Å². The number of pyridine rings is 1. The molecule has 0 bridgehead atoms. The van der Waals surface area contributed by atoms with Gasteiger partial charge >= 0.3 is 6.09 Å². The second kappa shape index (κ2) is 16.5. The van der Waals surface area contributed by atoms with Crippen molar-refractivity contribution in [2.45, 2.75) is 113 Å². The molecule has 0 radical (unpaired) electrons. The van der Waals surface area contributed by atoms with Gasteiger partial charge in [0.25, 0.3) is 5.91 Å². The lowest BCUT2D eigenvalue weighted by Gasteiger charge is -2.33. The van der Waals surface area contributed by atoms with Gasteiger partial charge in [-0.1, -0.05) is 26.0 Å². The van der Waals surface area contributed by atoms with Gasteiger partial charge in [-0.05, 0) is 135 Å². The first-order valence-corrected chi connectivity index (χ1v) is 23.5. The minimum Gasteiger partial charge on any atom is -0.497 e. The van der Waals surface area contributed by atoms with Gasteiger partial charge in [0, 0.05) is 23.3 Å². The summed E-state index contributed by atoms with van der Waals surface area (Å²) in [6.07, 6.45) is 8.01. The largest absolute Gasteiger partial charge is 0.497 e. The van der Waals surface area contributed by atoms with Gasteiger partial charge in [0.1, 0.15) is 41.4 Å². The Labute approximate surface area is 360 Å². The van der Waals surface area contributed by atoms with Gasteiger partial charge in [-0.3, -0.25) is 19.1 Å². The maximum absolute atomic E-state index is 15.1. The smallest absolute Gasteiger partial charge is 0.408 e. The van der Waals surface area contributed by atoms with Gasteiger partial charge in [-0.25, -0.2) is 22.6 Å². The summed E-state index contributed by atoms with van der Waals surface area (Å²) in [5, 5.41) is 6.53. The summed E-state index contributed by atoms with van der Waals surface area (Å²) in [5.74, 6) is -1.07. The monoisotopic (exact) mass is 871 g/mol. The Bertz CT molecular complexity index is 2400. The standard InChI is InChI=1S/C46H54FN5O9S/c1-25-6-4-5-7-31-23-46(31,44(55)51-62(57,58)36-13-14-36)50-41(53)39-22-35(24-52(39)43(54)40(26(2)16-25)49-45(56)61-34-18-28-17-29(28)19-34)60-42-37-15-12-33(59-3)20-30(37)21-38(48-42)27-8-10-32(47)11-9-27/h5,7-12,15,20-21,25-26,28-29,31,34-36,39-40H,4,6,13-14,16-19,22-24H2,1-3H3,(H,49,56)(H,50,53)(H,51,55)/b7-5-/t25-,26-,28-,29+,31-,34+,35-,39+,40+,46-/m1/s1. The Morgan fingerprint density at radius 3 is 2.44 bits per heavy atom. The molecule has 3 heterocycles. The van der Waals surface area contributed by atoms with Crippen LogP contribution >= 0.6 is 0 Å². The van der Waals surface area contributed by atoms with Gasteiger partial charge in [0.2, 0.25) is 27.7 Å². The lowest BCUT2D eigenvalue weighted by Crippen LogP contribution is -2.59. The van der Waals surface area contributed by atoms with E-state index in [9.17, 15) is 27.2 Å². The average molecular weight is 872 g/mol. The number of rotatable bonds is 9. The molecule has 0 unspecified atom stereocenters. The number of fused-ring (bicyclic) bond motifs is 4. The fraction of sp³-hybridized carbons (Fsp3) is 0.543. The number of carbonyl (C=O) groups is 4. The molecule has 4 aliphatic carbocycles. The Kier molecular flexibility index (Phi) is 11.2. The molecule has 14 nitrogen and oxygen atoms in total. The van der Waals surface area contributed by atoms with Gasteiger partial charge in [0.15, 0.2) is 0 Å². The summed E-state index contributed by atoms with van der Waals surface area (Å²) >= 11 is 0. The third-order valence-electron chi connectivity index (χ3n) is 13.8. The van der Waals surface area contributed by atoms with Crippen molar-refractivity contribution in [2.24, 2.45) is 29.6 Å². The predicted molar refractivity (Wildman–Crippen MR) is 227 cm³/mol. The molecule has 16 heteroatoms. The van der Waals surface area contributed by atoms with Crippen molar-refractivity contribution in [1.82, 2.24) is 25.2 Å². The molecule has 9 rings (SSSR count). The Morgan fingerprint density at radius 1 is 0.952 bits per heavy atom. The van der Waals surface area contributed by atoms with Crippen LogP contribution in [-0.4, -0.2) is 90.9 Å². The van der Waals surface area contributed by atoms with Crippen LogP contribution in [0.1, 0.15) is 78.1 Å². The van der Waals surface area contributed by atoms with E-state index in [1.54, 1.807) is 31.4 Å². The first-order valence-electron chi connectivity index (χ1n) is 21.9. The predicted octanol–water partition coefficient (Wildman–Crippen LogP) is 5.79. The van der Waals surface area contributed by atoms with Crippen LogP contribution in [0.3, 0.4) is 0 Å². The first kappa shape index (κ1) is 42.1. The van der Waals surface area contributed by atoms with E-state index < -0.39 is 74.5 Å². The minimum absolute atomic E-state index is 0.0109. The second-order valence-corrected chi connectivity index (χ2v) is 20.5. The molecule has 330 valence electrons. The zero-order valence-electron chi connectivity index (χ0n) is 35.2. The summed E-state index contributed by atoms with van der Waals surface area (Å²) in [4.78, 5) is 63.6. The molecule has 1 aromatic heterocycles. The Hall–Kier alpha value is -5.25. The highest BCUT2D eigenvalue weighted by molar-refractivity contribution is 7.91. The summed E-state index contributed by atoms with van der Waals surface area (Å²) in [6, 6.07) is 10.9. The highest BCUT2D eigenvalue weighted by atomic mass is 32.2. The number of hydrogen-bond acceptors (Lipinski definition) is 10. The molecule has 5 fully saturated rings. The molecule has 1 saturated heterocycles. The van der Waals surface area contributed by atoms with Crippen molar-refractivity contribution in [2.75, 3.05) is 13.7 Å². The minimum atomic E-state index is -3.94. The van der Waals surface area contributed by atoms with E-state index in [0.717, 1.165) is 31.1 Å². The number of alkyl carbamates (subject to hydrolysis) is 1. The van der Waals surface area contributed by atoms with Crippen LogP contribution < -0.4 is 24.8 Å². The Morgan fingerprint density at radius 2 is 1.71 bits per heavy atom. The molecular weight excluding hydrogens is 818 g/mol. The number of amides is 4. The maximum atomic E-state index is 15.1. The molecule has 4 saturated carbocycles.